The SMILES string of the molecule is CCCc1nccn1C(C)C(N)c1ccc(C)cc1. The summed E-state index contributed by atoms with van der Waals surface area (Å²) in [7, 11) is 0. The fourth-order valence-corrected chi connectivity index (χ4v) is 2.37. The van der Waals surface area contributed by atoms with E-state index >= 15 is 0 Å². The summed E-state index contributed by atoms with van der Waals surface area (Å²) < 4.78 is 2.20. The summed E-state index contributed by atoms with van der Waals surface area (Å²) in [6.45, 7) is 6.42. The lowest BCUT2D eigenvalue weighted by Gasteiger charge is -2.23. The lowest BCUT2D eigenvalue weighted by molar-refractivity contribution is 0.438. The van der Waals surface area contributed by atoms with Crippen LogP contribution in [0, 0.1) is 6.92 Å². The van der Waals surface area contributed by atoms with E-state index in [2.05, 4.69) is 54.6 Å². The van der Waals surface area contributed by atoms with E-state index in [9.17, 15) is 0 Å². The van der Waals surface area contributed by atoms with E-state index in [0.29, 0.717) is 0 Å². The van der Waals surface area contributed by atoms with Crippen molar-refractivity contribution in [2.45, 2.75) is 45.7 Å². The van der Waals surface area contributed by atoms with Crippen molar-refractivity contribution in [2.24, 2.45) is 5.73 Å². The van der Waals surface area contributed by atoms with E-state index in [4.69, 9.17) is 5.73 Å². The minimum absolute atomic E-state index is 0.00888. The van der Waals surface area contributed by atoms with Crippen LogP contribution in [0.15, 0.2) is 36.7 Å². The Morgan fingerprint density at radius 1 is 1.26 bits per heavy atom. The summed E-state index contributed by atoms with van der Waals surface area (Å²) in [4.78, 5) is 4.42. The predicted molar refractivity (Wildman–Crippen MR) is 79.0 cm³/mol. The fourth-order valence-electron chi connectivity index (χ4n) is 2.37. The first-order chi connectivity index (χ1) is 9.13. The Kier molecular flexibility index (Phi) is 4.38. The number of hydrogen-bond acceptors (Lipinski definition) is 2. The van der Waals surface area contributed by atoms with Crippen LogP contribution in [0.25, 0.3) is 0 Å². The molecule has 2 rings (SSSR count). The van der Waals surface area contributed by atoms with Crippen LogP contribution in [0.3, 0.4) is 0 Å². The van der Waals surface area contributed by atoms with Gasteiger partial charge < -0.3 is 10.3 Å². The van der Waals surface area contributed by atoms with Crippen molar-refractivity contribution in [3.8, 4) is 0 Å². The Bertz CT molecular complexity index is 513. The lowest BCUT2D eigenvalue weighted by Crippen LogP contribution is -2.23. The highest BCUT2D eigenvalue weighted by Crippen LogP contribution is 2.25. The third-order valence-corrected chi connectivity index (χ3v) is 3.64. The Morgan fingerprint density at radius 2 is 1.95 bits per heavy atom. The predicted octanol–water partition coefficient (Wildman–Crippen LogP) is 3.41. The Labute approximate surface area is 115 Å². The van der Waals surface area contributed by atoms with Crippen LogP contribution in [-0.2, 0) is 6.42 Å². The molecule has 0 saturated carbocycles. The maximum Gasteiger partial charge on any atom is 0.108 e. The van der Waals surface area contributed by atoms with Crippen molar-refractivity contribution in [1.29, 1.82) is 0 Å². The molecule has 0 radical (unpaired) electrons. The molecule has 0 aliphatic carbocycles. The molecular weight excluding hydrogens is 234 g/mol. The summed E-state index contributed by atoms with van der Waals surface area (Å²) >= 11 is 0. The molecule has 2 unspecified atom stereocenters. The quantitative estimate of drug-likeness (QED) is 0.892. The number of imidazole rings is 1. The van der Waals surface area contributed by atoms with Crippen LogP contribution in [0.1, 0.15) is 49.3 Å². The second-order valence-corrected chi connectivity index (χ2v) is 5.18. The van der Waals surface area contributed by atoms with Crippen molar-refractivity contribution in [1.82, 2.24) is 9.55 Å². The van der Waals surface area contributed by atoms with Gasteiger partial charge in [0.25, 0.3) is 0 Å². The minimum Gasteiger partial charge on any atom is -0.330 e. The van der Waals surface area contributed by atoms with Gasteiger partial charge in [-0.3, -0.25) is 0 Å². The van der Waals surface area contributed by atoms with E-state index in [-0.39, 0.29) is 12.1 Å². The summed E-state index contributed by atoms with van der Waals surface area (Å²) in [5.74, 6) is 1.12. The highest BCUT2D eigenvalue weighted by Gasteiger charge is 2.18. The van der Waals surface area contributed by atoms with E-state index < -0.39 is 0 Å². The van der Waals surface area contributed by atoms with Crippen molar-refractivity contribution >= 4 is 0 Å². The van der Waals surface area contributed by atoms with E-state index in [1.807, 2.05) is 12.4 Å². The second-order valence-electron chi connectivity index (χ2n) is 5.18. The van der Waals surface area contributed by atoms with Crippen molar-refractivity contribution in [3.63, 3.8) is 0 Å². The molecule has 0 aliphatic heterocycles. The third-order valence-electron chi connectivity index (χ3n) is 3.64. The molecule has 0 fully saturated rings. The van der Waals surface area contributed by atoms with Gasteiger partial charge in [0, 0.05) is 18.8 Å². The van der Waals surface area contributed by atoms with Gasteiger partial charge in [0.05, 0.1) is 12.1 Å². The van der Waals surface area contributed by atoms with E-state index in [0.717, 1.165) is 18.7 Å². The van der Waals surface area contributed by atoms with Gasteiger partial charge in [0.1, 0.15) is 5.82 Å². The first-order valence-electron chi connectivity index (χ1n) is 6.97. The van der Waals surface area contributed by atoms with Crippen LogP contribution >= 0.6 is 0 Å². The summed E-state index contributed by atoms with van der Waals surface area (Å²) in [6, 6.07) is 8.67. The highest BCUT2D eigenvalue weighted by molar-refractivity contribution is 5.24. The maximum absolute atomic E-state index is 6.40. The Morgan fingerprint density at radius 3 is 2.58 bits per heavy atom. The van der Waals surface area contributed by atoms with Gasteiger partial charge in [0.15, 0.2) is 0 Å². The smallest absolute Gasteiger partial charge is 0.108 e. The molecule has 0 amide bonds. The maximum atomic E-state index is 6.40. The average molecular weight is 257 g/mol. The number of rotatable bonds is 5. The summed E-state index contributed by atoms with van der Waals surface area (Å²) in [6.07, 6.45) is 5.99. The number of aryl methyl sites for hydroxylation is 2. The van der Waals surface area contributed by atoms with Crippen LogP contribution in [0.5, 0.6) is 0 Å². The molecule has 1 aromatic heterocycles. The third kappa shape index (κ3) is 3.04. The van der Waals surface area contributed by atoms with Gasteiger partial charge in [-0.15, -0.1) is 0 Å². The van der Waals surface area contributed by atoms with Crippen LogP contribution < -0.4 is 5.73 Å². The van der Waals surface area contributed by atoms with Crippen LogP contribution in [0.2, 0.25) is 0 Å². The first kappa shape index (κ1) is 13.8. The van der Waals surface area contributed by atoms with Crippen molar-refractivity contribution < 1.29 is 0 Å². The van der Waals surface area contributed by atoms with E-state index in [1.165, 1.54) is 11.1 Å². The molecular formula is C16H23N3. The topological polar surface area (TPSA) is 43.8 Å². The summed E-state index contributed by atoms with van der Waals surface area (Å²) in [5.41, 5.74) is 8.83. The molecule has 0 bridgehead atoms. The zero-order valence-electron chi connectivity index (χ0n) is 12.0. The molecule has 0 aliphatic rings. The molecule has 0 saturated heterocycles. The van der Waals surface area contributed by atoms with Gasteiger partial charge in [-0.2, -0.15) is 0 Å². The largest absolute Gasteiger partial charge is 0.330 e. The average Bonchev–Trinajstić information content (AvgIpc) is 2.87. The van der Waals surface area contributed by atoms with Gasteiger partial charge in [-0.05, 0) is 25.8 Å². The monoisotopic (exact) mass is 257 g/mol. The number of nitrogens with two attached hydrogens (primary N) is 1. The molecule has 3 nitrogen and oxygen atoms in total. The van der Waals surface area contributed by atoms with Crippen LogP contribution in [-0.4, -0.2) is 9.55 Å². The zero-order chi connectivity index (χ0) is 13.8. The molecule has 0 spiro atoms. The zero-order valence-corrected chi connectivity index (χ0v) is 12.0. The number of hydrogen-bond donors (Lipinski definition) is 1. The van der Waals surface area contributed by atoms with Gasteiger partial charge in [-0.1, -0.05) is 36.8 Å². The van der Waals surface area contributed by atoms with Crippen molar-refractivity contribution in [3.05, 3.63) is 53.6 Å². The van der Waals surface area contributed by atoms with E-state index in [1.54, 1.807) is 0 Å². The van der Waals surface area contributed by atoms with Crippen molar-refractivity contribution in [2.75, 3.05) is 0 Å². The molecule has 1 aromatic carbocycles. The number of benzene rings is 1. The molecule has 102 valence electrons. The standard InChI is InChI=1S/C16H23N3/c1-4-5-15-18-10-11-19(15)13(3)16(17)14-8-6-12(2)7-9-14/h6-11,13,16H,4-5,17H2,1-3H3. The molecule has 1 heterocycles. The molecule has 2 atom stereocenters. The van der Waals surface area contributed by atoms with Crippen LogP contribution in [0.4, 0.5) is 0 Å². The molecule has 19 heavy (non-hydrogen) atoms. The normalized spacial score (nSPS) is 14.3. The first-order valence-corrected chi connectivity index (χ1v) is 6.97. The number of nitrogens with zero attached hydrogens (tertiary/aromatic N) is 2. The van der Waals surface area contributed by atoms with Gasteiger partial charge in [0.2, 0.25) is 0 Å². The lowest BCUT2D eigenvalue weighted by atomic mass is 10.00. The Balaban J connectivity index is 2.20. The second kappa shape index (κ2) is 6.02. The minimum atomic E-state index is -0.00888. The Hall–Kier alpha value is -1.61. The van der Waals surface area contributed by atoms with Gasteiger partial charge in [-0.25, -0.2) is 4.98 Å². The summed E-state index contributed by atoms with van der Waals surface area (Å²) in [5, 5.41) is 0. The van der Waals surface area contributed by atoms with Gasteiger partial charge >= 0.3 is 0 Å². The fraction of sp³-hybridized carbons (Fsp3) is 0.438. The molecule has 2 aromatic rings. The number of aromatic nitrogens is 2. The molecule has 3 heteroatoms. The highest BCUT2D eigenvalue weighted by atomic mass is 15.1. The molecule has 2 N–H and O–H groups in total.